The van der Waals surface area contributed by atoms with E-state index in [1.807, 2.05) is 18.2 Å². The summed E-state index contributed by atoms with van der Waals surface area (Å²) in [6.07, 6.45) is 2.49. The molecular weight excluding hydrogens is 431 g/mol. The molecule has 1 aliphatic rings. The fourth-order valence-corrected chi connectivity index (χ4v) is 2.90. The lowest BCUT2D eigenvalue weighted by Gasteiger charge is -2.29. The number of hydrogen-bond donors (Lipinski definition) is 2. The van der Waals surface area contributed by atoms with E-state index < -0.39 is 0 Å². The second-order valence-electron chi connectivity index (χ2n) is 6.23. The molecule has 0 radical (unpaired) electrons. The Morgan fingerprint density at radius 2 is 1.92 bits per heavy atom. The summed E-state index contributed by atoms with van der Waals surface area (Å²) in [7, 11) is 7.31. The Kier molecular flexibility index (Phi) is 9.96. The van der Waals surface area contributed by atoms with E-state index in [-0.39, 0.29) is 24.0 Å². The lowest BCUT2D eigenvalue weighted by molar-refractivity contribution is 0.220. The van der Waals surface area contributed by atoms with Gasteiger partial charge in [-0.05, 0) is 51.0 Å². The van der Waals surface area contributed by atoms with Crippen LogP contribution < -0.4 is 20.1 Å². The molecule has 1 heterocycles. The van der Waals surface area contributed by atoms with Crippen molar-refractivity contribution in [2.75, 3.05) is 47.9 Å². The van der Waals surface area contributed by atoms with Crippen molar-refractivity contribution in [1.29, 1.82) is 0 Å². The highest BCUT2D eigenvalue weighted by Gasteiger charge is 2.16. The Morgan fingerprint density at radius 1 is 1.20 bits per heavy atom. The number of rotatable bonds is 6. The van der Waals surface area contributed by atoms with E-state index in [1.165, 1.54) is 25.9 Å². The molecule has 7 heteroatoms. The maximum atomic E-state index is 5.43. The van der Waals surface area contributed by atoms with Gasteiger partial charge in [-0.3, -0.25) is 4.99 Å². The van der Waals surface area contributed by atoms with Gasteiger partial charge in [0, 0.05) is 31.8 Å². The van der Waals surface area contributed by atoms with Crippen molar-refractivity contribution in [3.05, 3.63) is 23.8 Å². The number of benzene rings is 1. The molecule has 1 aromatic carbocycles. The van der Waals surface area contributed by atoms with Gasteiger partial charge in [-0.1, -0.05) is 0 Å². The van der Waals surface area contributed by atoms with Crippen LogP contribution in [0.4, 0.5) is 0 Å². The predicted molar refractivity (Wildman–Crippen MR) is 113 cm³/mol. The van der Waals surface area contributed by atoms with Crippen LogP contribution >= 0.6 is 24.0 Å². The van der Waals surface area contributed by atoms with E-state index in [4.69, 9.17) is 9.47 Å². The second kappa shape index (κ2) is 11.4. The third-order valence-corrected chi connectivity index (χ3v) is 4.56. The molecule has 1 fully saturated rings. The predicted octanol–water partition coefficient (Wildman–Crippen LogP) is 2.33. The van der Waals surface area contributed by atoms with Crippen molar-refractivity contribution >= 4 is 29.9 Å². The third-order valence-electron chi connectivity index (χ3n) is 4.56. The number of aliphatic imine (C=N–C) groups is 1. The molecule has 0 atom stereocenters. The van der Waals surface area contributed by atoms with Crippen LogP contribution in [0.25, 0.3) is 0 Å². The molecule has 25 heavy (non-hydrogen) atoms. The molecule has 0 aromatic heterocycles. The van der Waals surface area contributed by atoms with Gasteiger partial charge < -0.3 is 25.0 Å². The Hall–Kier alpha value is -1.22. The molecule has 0 unspecified atom stereocenters. The molecule has 0 spiro atoms. The first kappa shape index (κ1) is 21.8. The smallest absolute Gasteiger partial charge is 0.191 e. The van der Waals surface area contributed by atoms with Gasteiger partial charge in [0.25, 0.3) is 0 Å². The molecule has 142 valence electrons. The number of guanidine groups is 1. The summed E-state index contributed by atoms with van der Waals surface area (Å²) in [6.45, 7) is 3.98. The van der Waals surface area contributed by atoms with Crippen molar-refractivity contribution in [2.45, 2.75) is 19.4 Å². The first-order valence-corrected chi connectivity index (χ1v) is 8.50. The van der Waals surface area contributed by atoms with Gasteiger partial charge in [-0.2, -0.15) is 0 Å². The monoisotopic (exact) mass is 462 g/mol. The van der Waals surface area contributed by atoms with Crippen molar-refractivity contribution in [2.24, 2.45) is 10.9 Å². The van der Waals surface area contributed by atoms with Crippen molar-refractivity contribution in [3.8, 4) is 11.5 Å². The van der Waals surface area contributed by atoms with Gasteiger partial charge in [0.05, 0.1) is 14.2 Å². The van der Waals surface area contributed by atoms with Crippen LogP contribution in [0.5, 0.6) is 11.5 Å². The first-order chi connectivity index (χ1) is 11.7. The van der Waals surface area contributed by atoms with Crippen molar-refractivity contribution < 1.29 is 9.47 Å². The van der Waals surface area contributed by atoms with E-state index in [2.05, 4.69) is 27.6 Å². The summed E-state index contributed by atoms with van der Waals surface area (Å²) in [6, 6.07) is 5.84. The Bertz CT molecular complexity index is 546. The quantitative estimate of drug-likeness (QED) is 0.386. The lowest BCUT2D eigenvalue weighted by atomic mass is 9.97. The zero-order valence-electron chi connectivity index (χ0n) is 15.7. The minimum atomic E-state index is 0. The molecule has 0 amide bonds. The van der Waals surface area contributed by atoms with Gasteiger partial charge in [-0.25, -0.2) is 0 Å². The average Bonchev–Trinajstić information content (AvgIpc) is 2.63. The molecule has 0 bridgehead atoms. The van der Waals surface area contributed by atoms with Gasteiger partial charge in [0.1, 0.15) is 11.5 Å². The van der Waals surface area contributed by atoms with Gasteiger partial charge >= 0.3 is 0 Å². The molecule has 1 aromatic rings. The molecule has 1 aliphatic heterocycles. The van der Waals surface area contributed by atoms with E-state index in [0.29, 0.717) is 6.54 Å². The lowest BCUT2D eigenvalue weighted by Crippen LogP contribution is -2.42. The number of likely N-dealkylation sites (tertiary alicyclic amines) is 1. The minimum Gasteiger partial charge on any atom is -0.497 e. The van der Waals surface area contributed by atoms with Crippen LogP contribution in [0.1, 0.15) is 18.4 Å². The topological polar surface area (TPSA) is 58.1 Å². The van der Waals surface area contributed by atoms with Crippen LogP contribution in [-0.4, -0.2) is 58.8 Å². The molecule has 2 N–H and O–H groups in total. The zero-order chi connectivity index (χ0) is 17.4. The Morgan fingerprint density at radius 3 is 2.52 bits per heavy atom. The Balaban J connectivity index is 0.00000312. The average molecular weight is 462 g/mol. The summed E-state index contributed by atoms with van der Waals surface area (Å²) in [5, 5.41) is 6.79. The number of hydrogen-bond acceptors (Lipinski definition) is 4. The van der Waals surface area contributed by atoms with E-state index in [0.717, 1.165) is 35.5 Å². The molecule has 1 saturated heterocycles. The van der Waals surface area contributed by atoms with Crippen LogP contribution in [-0.2, 0) is 6.54 Å². The molecule has 2 rings (SSSR count). The molecule has 0 saturated carbocycles. The largest absolute Gasteiger partial charge is 0.497 e. The van der Waals surface area contributed by atoms with Gasteiger partial charge in [0.15, 0.2) is 5.96 Å². The van der Waals surface area contributed by atoms with Crippen LogP contribution in [0.15, 0.2) is 23.2 Å². The van der Waals surface area contributed by atoms with E-state index in [9.17, 15) is 0 Å². The zero-order valence-corrected chi connectivity index (χ0v) is 18.0. The number of nitrogens with one attached hydrogen (secondary N) is 2. The number of halogens is 1. The minimum absolute atomic E-state index is 0. The van der Waals surface area contributed by atoms with E-state index >= 15 is 0 Å². The van der Waals surface area contributed by atoms with Crippen molar-refractivity contribution in [3.63, 3.8) is 0 Å². The Labute approximate surface area is 168 Å². The SMILES string of the molecule is CN=C(NCc1ccc(OC)cc1OC)NCC1CCN(C)CC1.I. The van der Waals surface area contributed by atoms with Crippen LogP contribution in [0.3, 0.4) is 0 Å². The van der Waals surface area contributed by atoms with Crippen LogP contribution in [0.2, 0.25) is 0 Å². The molecule has 6 nitrogen and oxygen atoms in total. The third kappa shape index (κ3) is 6.89. The highest BCUT2D eigenvalue weighted by atomic mass is 127. The number of piperidine rings is 1. The van der Waals surface area contributed by atoms with Crippen LogP contribution in [0, 0.1) is 5.92 Å². The second-order valence-corrected chi connectivity index (χ2v) is 6.23. The van der Waals surface area contributed by atoms with Crippen molar-refractivity contribution in [1.82, 2.24) is 15.5 Å². The van der Waals surface area contributed by atoms with Gasteiger partial charge in [-0.15, -0.1) is 24.0 Å². The fourth-order valence-electron chi connectivity index (χ4n) is 2.90. The molecule has 0 aliphatic carbocycles. The summed E-state index contributed by atoms with van der Waals surface area (Å²) >= 11 is 0. The number of ether oxygens (including phenoxy) is 2. The highest BCUT2D eigenvalue weighted by molar-refractivity contribution is 14.0. The van der Waals surface area contributed by atoms with Gasteiger partial charge in [0.2, 0.25) is 0 Å². The maximum absolute atomic E-state index is 5.43. The molecular formula is C18H31IN4O2. The fraction of sp³-hybridized carbons (Fsp3) is 0.611. The summed E-state index contributed by atoms with van der Waals surface area (Å²) in [5.74, 6) is 3.15. The summed E-state index contributed by atoms with van der Waals surface area (Å²) in [5.41, 5.74) is 1.07. The summed E-state index contributed by atoms with van der Waals surface area (Å²) < 4.78 is 10.7. The summed E-state index contributed by atoms with van der Waals surface area (Å²) in [4.78, 5) is 6.70. The first-order valence-electron chi connectivity index (χ1n) is 8.50. The van der Waals surface area contributed by atoms with E-state index in [1.54, 1.807) is 21.3 Å². The standard InChI is InChI=1S/C18H30N4O2.HI/c1-19-18(20-12-14-7-9-22(2)10-8-14)21-13-15-5-6-16(23-3)11-17(15)24-4;/h5-6,11,14H,7-10,12-13H2,1-4H3,(H2,19,20,21);1H. The normalized spacial score (nSPS) is 16.1. The number of methoxy groups -OCH3 is 2. The maximum Gasteiger partial charge on any atom is 0.191 e. The highest BCUT2D eigenvalue weighted by Crippen LogP contribution is 2.24. The number of nitrogens with zero attached hydrogens (tertiary/aromatic N) is 2.